The lowest BCUT2D eigenvalue weighted by Crippen LogP contribution is -2.08. The van der Waals surface area contributed by atoms with E-state index in [-0.39, 0.29) is 0 Å². The lowest BCUT2D eigenvalue weighted by Gasteiger charge is -2.07. The Kier molecular flexibility index (Phi) is 3.70. The van der Waals surface area contributed by atoms with Gasteiger partial charge >= 0.3 is 0 Å². The molecule has 2 rings (SSSR count). The van der Waals surface area contributed by atoms with E-state index >= 15 is 0 Å². The monoisotopic (exact) mass is 256 g/mol. The lowest BCUT2D eigenvalue weighted by atomic mass is 10.3. The average molecular weight is 257 g/mol. The molecule has 1 aromatic carbocycles. The summed E-state index contributed by atoms with van der Waals surface area (Å²) in [5, 5.41) is 5.21. The van der Waals surface area contributed by atoms with E-state index in [1.165, 1.54) is 0 Å². The maximum Gasteiger partial charge on any atom is 0.122 e. The van der Waals surface area contributed by atoms with Crippen LogP contribution < -0.4 is 4.74 Å². The van der Waals surface area contributed by atoms with Gasteiger partial charge in [-0.3, -0.25) is 4.68 Å². The molecule has 0 amide bonds. The Hall–Kier alpha value is -1.19. The molecule has 0 fully saturated rings. The molecule has 0 aliphatic heterocycles. The molecule has 0 unspecified atom stereocenters. The van der Waals surface area contributed by atoms with Crippen LogP contribution in [0.5, 0.6) is 5.75 Å². The second kappa shape index (κ2) is 5.23. The molecule has 0 saturated carbocycles. The van der Waals surface area contributed by atoms with E-state index in [0.29, 0.717) is 28.9 Å². The number of halogens is 2. The summed E-state index contributed by atoms with van der Waals surface area (Å²) in [7, 11) is 0. The molecular weight excluding hydrogens is 247 g/mol. The van der Waals surface area contributed by atoms with Gasteiger partial charge in [0.2, 0.25) is 0 Å². The van der Waals surface area contributed by atoms with Gasteiger partial charge in [-0.1, -0.05) is 23.2 Å². The predicted molar refractivity (Wildman–Crippen MR) is 64.2 cm³/mol. The summed E-state index contributed by atoms with van der Waals surface area (Å²) in [6.07, 6.45) is 3.62. The number of nitrogens with zero attached hydrogens (tertiary/aromatic N) is 2. The number of rotatable bonds is 4. The Morgan fingerprint density at radius 3 is 2.56 bits per heavy atom. The molecule has 0 spiro atoms. The van der Waals surface area contributed by atoms with Gasteiger partial charge in [0.15, 0.2) is 0 Å². The summed E-state index contributed by atoms with van der Waals surface area (Å²) in [5.74, 6) is 0.671. The zero-order valence-electron chi connectivity index (χ0n) is 8.44. The Balaban J connectivity index is 1.89. The SMILES string of the molecule is Clc1cc(Cl)cc(OCCn2cccn2)c1. The maximum absolute atomic E-state index is 5.85. The molecule has 0 bridgehead atoms. The van der Waals surface area contributed by atoms with Crippen molar-refractivity contribution < 1.29 is 4.74 Å². The fourth-order valence-corrected chi connectivity index (χ4v) is 1.81. The lowest BCUT2D eigenvalue weighted by molar-refractivity contribution is 0.291. The van der Waals surface area contributed by atoms with Gasteiger partial charge in [-0.2, -0.15) is 5.10 Å². The quantitative estimate of drug-likeness (QED) is 0.840. The third-order valence-corrected chi connectivity index (χ3v) is 2.42. The van der Waals surface area contributed by atoms with Crippen molar-refractivity contribution in [1.82, 2.24) is 9.78 Å². The smallest absolute Gasteiger partial charge is 0.122 e. The Morgan fingerprint density at radius 2 is 1.94 bits per heavy atom. The van der Waals surface area contributed by atoms with Crippen molar-refractivity contribution in [1.29, 1.82) is 0 Å². The van der Waals surface area contributed by atoms with Gasteiger partial charge in [0, 0.05) is 22.4 Å². The van der Waals surface area contributed by atoms with Crippen molar-refractivity contribution in [2.24, 2.45) is 0 Å². The molecule has 16 heavy (non-hydrogen) atoms. The van der Waals surface area contributed by atoms with E-state index in [1.807, 2.05) is 12.3 Å². The van der Waals surface area contributed by atoms with E-state index in [4.69, 9.17) is 27.9 Å². The second-order valence-corrected chi connectivity index (χ2v) is 4.10. The van der Waals surface area contributed by atoms with E-state index in [2.05, 4.69) is 5.10 Å². The minimum Gasteiger partial charge on any atom is -0.492 e. The van der Waals surface area contributed by atoms with Crippen molar-refractivity contribution in [2.45, 2.75) is 6.54 Å². The molecule has 0 aliphatic rings. The van der Waals surface area contributed by atoms with Crippen molar-refractivity contribution in [3.8, 4) is 5.75 Å². The van der Waals surface area contributed by atoms with Crippen molar-refractivity contribution in [2.75, 3.05) is 6.61 Å². The van der Waals surface area contributed by atoms with Crippen LogP contribution in [-0.2, 0) is 6.54 Å². The maximum atomic E-state index is 5.85. The average Bonchev–Trinajstić information content (AvgIpc) is 2.69. The molecule has 0 atom stereocenters. The summed E-state index contributed by atoms with van der Waals surface area (Å²) in [6.45, 7) is 1.22. The molecule has 5 heteroatoms. The minimum absolute atomic E-state index is 0.526. The first-order chi connectivity index (χ1) is 7.74. The summed E-state index contributed by atoms with van der Waals surface area (Å²) in [5.41, 5.74) is 0. The van der Waals surface area contributed by atoms with Crippen LogP contribution in [0, 0.1) is 0 Å². The van der Waals surface area contributed by atoms with Crippen molar-refractivity contribution in [3.63, 3.8) is 0 Å². The highest BCUT2D eigenvalue weighted by atomic mass is 35.5. The normalized spacial score (nSPS) is 10.4. The van der Waals surface area contributed by atoms with Crippen LogP contribution in [-0.4, -0.2) is 16.4 Å². The number of hydrogen-bond donors (Lipinski definition) is 0. The van der Waals surface area contributed by atoms with Crippen LogP contribution in [0.3, 0.4) is 0 Å². The summed E-state index contributed by atoms with van der Waals surface area (Å²) in [4.78, 5) is 0. The van der Waals surface area contributed by atoms with Gasteiger partial charge < -0.3 is 4.74 Å². The first-order valence-corrected chi connectivity index (χ1v) is 5.56. The highest BCUT2D eigenvalue weighted by Gasteiger charge is 1.99. The molecule has 0 N–H and O–H groups in total. The van der Waals surface area contributed by atoms with Crippen LogP contribution in [0.2, 0.25) is 10.0 Å². The van der Waals surface area contributed by atoms with Crippen LogP contribution in [0.4, 0.5) is 0 Å². The zero-order chi connectivity index (χ0) is 11.4. The molecule has 3 nitrogen and oxygen atoms in total. The molecule has 2 aromatic rings. The number of aromatic nitrogens is 2. The summed E-state index contributed by atoms with van der Waals surface area (Å²) >= 11 is 11.7. The number of hydrogen-bond acceptors (Lipinski definition) is 2. The Morgan fingerprint density at radius 1 is 1.19 bits per heavy atom. The minimum atomic E-state index is 0.526. The van der Waals surface area contributed by atoms with Gasteiger partial charge in [-0.25, -0.2) is 0 Å². The highest BCUT2D eigenvalue weighted by Crippen LogP contribution is 2.23. The second-order valence-electron chi connectivity index (χ2n) is 3.22. The number of benzene rings is 1. The van der Waals surface area contributed by atoms with E-state index in [9.17, 15) is 0 Å². The molecule has 1 heterocycles. The first kappa shape index (κ1) is 11.3. The van der Waals surface area contributed by atoms with Gasteiger partial charge in [-0.15, -0.1) is 0 Å². The van der Waals surface area contributed by atoms with Gasteiger partial charge in [0.25, 0.3) is 0 Å². The first-order valence-electron chi connectivity index (χ1n) is 4.80. The molecule has 0 radical (unpaired) electrons. The number of ether oxygens (including phenoxy) is 1. The fraction of sp³-hybridized carbons (Fsp3) is 0.182. The third kappa shape index (κ3) is 3.15. The molecule has 0 aliphatic carbocycles. The standard InChI is InChI=1S/C11H10Cl2N2O/c12-9-6-10(13)8-11(7-9)16-5-4-15-3-1-2-14-15/h1-3,6-8H,4-5H2. The van der Waals surface area contributed by atoms with Gasteiger partial charge in [0.05, 0.1) is 6.54 Å². The highest BCUT2D eigenvalue weighted by molar-refractivity contribution is 6.34. The Labute approximate surface area is 104 Å². The molecule has 84 valence electrons. The predicted octanol–water partition coefficient (Wildman–Crippen LogP) is 3.27. The van der Waals surface area contributed by atoms with Crippen LogP contribution in [0.1, 0.15) is 0 Å². The molecule has 0 saturated heterocycles. The van der Waals surface area contributed by atoms with E-state index < -0.39 is 0 Å². The van der Waals surface area contributed by atoms with Crippen LogP contribution >= 0.6 is 23.2 Å². The van der Waals surface area contributed by atoms with E-state index in [0.717, 1.165) is 0 Å². The van der Waals surface area contributed by atoms with Gasteiger partial charge in [-0.05, 0) is 24.3 Å². The van der Waals surface area contributed by atoms with Crippen molar-refractivity contribution in [3.05, 3.63) is 46.7 Å². The van der Waals surface area contributed by atoms with Crippen LogP contribution in [0.25, 0.3) is 0 Å². The van der Waals surface area contributed by atoms with Gasteiger partial charge in [0.1, 0.15) is 12.4 Å². The fourth-order valence-electron chi connectivity index (χ4n) is 1.30. The summed E-state index contributed by atoms with van der Waals surface area (Å²) < 4.78 is 7.31. The summed E-state index contributed by atoms with van der Waals surface area (Å²) in [6, 6.07) is 7.01. The van der Waals surface area contributed by atoms with Crippen LogP contribution in [0.15, 0.2) is 36.7 Å². The zero-order valence-corrected chi connectivity index (χ0v) is 9.95. The van der Waals surface area contributed by atoms with Crippen molar-refractivity contribution >= 4 is 23.2 Å². The molecule has 1 aromatic heterocycles. The Bertz CT molecular complexity index is 437. The topological polar surface area (TPSA) is 27.1 Å². The van der Waals surface area contributed by atoms with E-state index in [1.54, 1.807) is 29.1 Å². The largest absolute Gasteiger partial charge is 0.492 e. The third-order valence-electron chi connectivity index (χ3n) is 1.98. The molecular formula is C11H10Cl2N2O.